The van der Waals surface area contributed by atoms with Gasteiger partial charge < -0.3 is 19.6 Å². The Labute approximate surface area is 219 Å². The Morgan fingerprint density at radius 1 is 1.14 bits per heavy atom. The van der Waals surface area contributed by atoms with Gasteiger partial charge in [-0.15, -0.1) is 11.8 Å². The van der Waals surface area contributed by atoms with Gasteiger partial charge in [-0.3, -0.25) is 14.4 Å². The molecule has 2 amide bonds. The van der Waals surface area contributed by atoms with E-state index < -0.39 is 33.4 Å². The fourth-order valence-electron chi connectivity index (χ4n) is 6.73. The number of esters is 1. The first kappa shape index (κ1) is 27.2. The summed E-state index contributed by atoms with van der Waals surface area (Å²) in [5.41, 5.74) is 0. The number of aliphatic hydroxyl groups is 1. The van der Waals surface area contributed by atoms with E-state index in [1.54, 1.807) is 16.7 Å². The summed E-state index contributed by atoms with van der Waals surface area (Å²) in [4.78, 5) is 45.9. The average Bonchev–Trinajstić information content (AvgIpc) is 3.19. The molecule has 4 aliphatic rings. The number of rotatable bonds is 7. The van der Waals surface area contributed by atoms with E-state index in [1.807, 2.05) is 37.8 Å². The lowest BCUT2D eigenvalue weighted by Crippen LogP contribution is -2.59. The van der Waals surface area contributed by atoms with Gasteiger partial charge in [0.05, 0.1) is 35.8 Å². The van der Waals surface area contributed by atoms with Gasteiger partial charge in [0.2, 0.25) is 11.8 Å². The van der Waals surface area contributed by atoms with Gasteiger partial charge >= 0.3 is 5.97 Å². The molecule has 8 heteroatoms. The number of carbonyl (C=O) groups excluding carboxylic acids is 3. The van der Waals surface area contributed by atoms with Crippen molar-refractivity contribution >= 4 is 29.5 Å². The Morgan fingerprint density at radius 2 is 1.89 bits per heavy atom. The van der Waals surface area contributed by atoms with Gasteiger partial charge in [-0.2, -0.15) is 0 Å². The van der Waals surface area contributed by atoms with Crippen molar-refractivity contribution in [2.75, 3.05) is 19.8 Å². The van der Waals surface area contributed by atoms with Crippen molar-refractivity contribution in [3.8, 4) is 0 Å². The first-order valence-electron chi connectivity index (χ1n) is 13.6. The molecule has 4 rings (SSSR count). The molecule has 0 radical (unpaired) electrons. The van der Waals surface area contributed by atoms with Crippen molar-refractivity contribution < 1.29 is 24.2 Å². The molecule has 200 valence electrons. The van der Waals surface area contributed by atoms with E-state index >= 15 is 0 Å². The molecule has 8 atom stereocenters. The molecule has 0 aromatic heterocycles. The highest BCUT2D eigenvalue weighted by Gasteiger charge is 2.74. The number of fused-ring (bicyclic) bond motifs is 2. The average molecular weight is 519 g/mol. The highest BCUT2D eigenvalue weighted by Crippen LogP contribution is 2.65. The van der Waals surface area contributed by atoms with E-state index in [9.17, 15) is 19.5 Å². The topological polar surface area (TPSA) is 87.2 Å². The van der Waals surface area contributed by atoms with Crippen molar-refractivity contribution in [2.24, 2.45) is 17.8 Å². The minimum atomic E-state index is -0.905. The predicted octanol–water partition coefficient (Wildman–Crippen LogP) is 3.56. The lowest BCUT2D eigenvalue weighted by Gasteiger charge is -2.42. The largest absolute Gasteiger partial charge is 0.465 e. The Balaban J connectivity index is 1.90. The molecule has 0 aromatic rings. The van der Waals surface area contributed by atoms with Crippen LogP contribution in [0.15, 0.2) is 24.3 Å². The van der Waals surface area contributed by atoms with Gasteiger partial charge in [-0.1, -0.05) is 57.9 Å². The third-order valence-corrected chi connectivity index (χ3v) is 10.6. The number of nitrogens with zero attached hydrogens (tertiary/aromatic N) is 2. The molecule has 4 aliphatic heterocycles. The molecule has 0 aromatic carbocycles. The Hall–Kier alpha value is -1.80. The van der Waals surface area contributed by atoms with Crippen LogP contribution in [0.1, 0.15) is 66.7 Å². The van der Waals surface area contributed by atoms with Crippen LogP contribution in [0.5, 0.6) is 0 Å². The Morgan fingerprint density at radius 3 is 2.56 bits per heavy atom. The molecule has 4 heterocycles. The number of amides is 2. The second-order valence-corrected chi connectivity index (χ2v) is 12.9. The van der Waals surface area contributed by atoms with E-state index in [1.165, 1.54) is 0 Å². The molecule has 0 aliphatic carbocycles. The number of aliphatic hydroxyl groups excluding tert-OH is 1. The third-order valence-electron chi connectivity index (χ3n) is 8.80. The standard InChI is InChI=1S/C28H42N2O5S/c1-6-12-19(4)29-15-11-14-28-21(22-26(34)35-16-10-8-9-13-27(22,5)36-28)24(32)30(23(28)25(29)33)20(17-31)18(3)7-2/h9,11,13-14,18-23,31H,6-8,10,12,15-17H2,1-5H3/b13-9-/t18-,19?,20-,21-,22-,23?,27+,28-/m0/s1. The maximum Gasteiger partial charge on any atom is 0.311 e. The van der Waals surface area contributed by atoms with Crippen LogP contribution in [0.25, 0.3) is 0 Å². The summed E-state index contributed by atoms with van der Waals surface area (Å²) in [6, 6.07) is -1.25. The summed E-state index contributed by atoms with van der Waals surface area (Å²) in [7, 11) is 0. The highest BCUT2D eigenvalue weighted by molar-refractivity contribution is 8.02. The van der Waals surface area contributed by atoms with Crippen LogP contribution in [0.2, 0.25) is 0 Å². The molecule has 2 saturated heterocycles. The van der Waals surface area contributed by atoms with E-state index in [0.29, 0.717) is 13.2 Å². The molecule has 36 heavy (non-hydrogen) atoms. The van der Waals surface area contributed by atoms with Crippen molar-refractivity contribution in [3.05, 3.63) is 24.3 Å². The molecule has 0 saturated carbocycles. The van der Waals surface area contributed by atoms with Crippen molar-refractivity contribution in [2.45, 2.75) is 94.3 Å². The van der Waals surface area contributed by atoms with Gasteiger partial charge in [0.15, 0.2) is 0 Å². The number of ether oxygens (including phenoxy) is 1. The Bertz CT molecular complexity index is 937. The maximum atomic E-state index is 14.4. The van der Waals surface area contributed by atoms with E-state index in [4.69, 9.17) is 4.74 Å². The minimum Gasteiger partial charge on any atom is -0.465 e. The van der Waals surface area contributed by atoms with E-state index in [2.05, 4.69) is 26.0 Å². The summed E-state index contributed by atoms with van der Waals surface area (Å²) in [5, 5.41) is 10.5. The van der Waals surface area contributed by atoms with Gasteiger partial charge in [0.1, 0.15) is 6.04 Å². The minimum absolute atomic E-state index is 0.000129. The van der Waals surface area contributed by atoms with Crippen molar-refractivity contribution in [1.29, 1.82) is 0 Å². The quantitative estimate of drug-likeness (QED) is 0.410. The van der Waals surface area contributed by atoms with Gasteiger partial charge in [0.25, 0.3) is 0 Å². The monoisotopic (exact) mass is 518 g/mol. The highest BCUT2D eigenvalue weighted by atomic mass is 32.2. The zero-order valence-corrected chi connectivity index (χ0v) is 23.1. The fourth-order valence-corrected chi connectivity index (χ4v) is 8.87. The number of hydrogen-bond donors (Lipinski definition) is 1. The van der Waals surface area contributed by atoms with Crippen LogP contribution in [0.4, 0.5) is 0 Å². The summed E-state index contributed by atoms with van der Waals surface area (Å²) >= 11 is 1.57. The first-order valence-corrected chi connectivity index (χ1v) is 14.4. The third kappa shape index (κ3) is 4.22. The molecule has 2 fully saturated rings. The van der Waals surface area contributed by atoms with Crippen LogP contribution >= 0.6 is 11.8 Å². The summed E-state index contributed by atoms with van der Waals surface area (Å²) in [6.07, 6.45) is 12.3. The molecule has 2 unspecified atom stereocenters. The van der Waals surface area contributed by atoms with Crippen LogP contribution in [0, 0.1) is 17.8 Å². The molecular weight excluding hydrogens is 476 g/mol. The lowest BCUT2D eigenvalue weighted by atomic mass is 9.74. The van der Waals surface area contributed by atoms with Gasteiger partial charge in [-0.25, -0.2) is 0 Å². The lowest BCUT2D eigenvalue weighted by molar-refractivity contribution is -0.155. The van der Waals surface area contributed by atoms with E-state index in [-0.39, 0.29) is 36.4 Å². The second kappa shape index (κ2) is 10.5. The molecule has 1 N–H and O–H groups in total. The van der Waals surface area contributed by atoms with Gasteiger partial charge in [-0.05, 0) is 39.0 Å². The Kier molecular flexibility index (Phi) is 7.96. The summed E-state index contributed by atoms with van der Waals surface area (Å²) < 4.78 is 4.10. The van der Waals surface area contributed by atoms with Crippen LogP contribution < -0.4 is 0 Å². The molecule has 0 bridgehead atoms. The van der Waals surface area contributed by atoms with Crippen molar-refractivity contribution in [3.63, 3.8) is 0 Å². The van der Waals surface area contributed by atoms with E-state index in [0.717, 1.165) is 32.1 Å². The predicted molar refractivity (Wildman–Crippen MR) is 141 cm³/mol. The van der Waals surface area contributed by atoms with Gasteiger partial charge in [0, 0.05) is 17.3 Å². The number of hydrogen-bond acceptors (Lipinski definition) is 6. The zero-order chi connectivity index (χ0) is 26.3. The normalized spacial score (nSPS) is 37.6. The molecule has 1 spiro atoms. The second-order valence-electron chi connectivity index (χ2n) is 11.1. The van der Waals surface area contributed by atoms with Crippen LogP contribution in [0.3, 0.4) is 0 Å². The first-order chi connectivity index (χ1) is 17.2. The maximum absolute atomic E-state index is 14.4. The zero-order valence-electron chi connectivity index (χ0n) is 22.3. The SMILES string of the molecule is CCCC(C)N1CC=C[C@]23S[C@]4(C)/C=C\CCCOC(=O)[C@@H]4[C@H]2C(=O)N([C@@H](CO)[C@@H](C)CC)C3C1=O. The summed E-state index contributed by atoms with van der Waals surface area (Å²) in [6.45, 7) is 10.8. The smallest absolute Gasteiger partial charge is 0.311 e. The number of likely N-dealkylation sites (tertiary alicyclic amines) is 1. The number of cyclic esters (lactones) is 1. The summed E-state index contributed by atoms with van der Waals surface area (Å²) in [5.74, 6) is -2.10. The van der Waals surface area contributed by atoms with Crippen molar-refractivity contribution in [1.82, 2.24) is 9.80 Å². The number of allylic oxidation sites excluding steroid dienone is 1. The number of thioether (sulfide) groups is 1. The molecular formula is C28H42N2O5S. The number of carbonyl (C=O) groups is 3. The van der Waals surface area contributed by atoms with Crippen LogP contribution in [-0.2, 0) is 19.1 Å². The molecule has 7 nitrogen and oxygen atoms in total. The fraction of sp³-hybridized carbons (Fsp3) is 0.750. The van der Waals surface area contributed by atoms with Crippen LogP contribution in [-0.4, -0.2) is 80.1 Å².